The molecule has 0 aromatic heterocycles. The minimum Gasteiger partial charge on any atom is -0.492 e. The van der Waals surface area contributed by atoms with Crippen molar-refractivity contribution < 1.29 is 9.13 Å². The smallest absolute Gasteiger partial charge is 0.136 e. The highest BCUT2D eigenvalue weighted by Crippen LogP contribution is 2.25. The molecule has 0 aliphatic carbocycles. The van der Waals surface area contributed by atoms with Crippen molar-refractivity contribution in [3.05, 3.63) is 28.5 Å². The Morgan fingerprint density at radius 2 is 2.07 bits per heavy atom. The van der Waals surface area contributed by atoms with Gasteiger partial charge in [0.05, 0.1) is 11.1 Å². The fraction of sp³-hybridized carbons (Fsp3) is 0.500. The van der Waals surface area contributed by atoms with Gasteiger partial charge in [0.15, 0.2) is 0 Å². The third kappa shape index (κ3) is 4.65. The third-order valence-corrected chi connectivity index (χ3v) is 2.80. The Kier molecular flexibility index (Phi) is 5.69. The van der Waals surface area contributed by atoms with Crippen LogP contribution >= 0.6 is 15.9 Å². The number of benzene rings is 1. The van der Waals surface area contributed by atoms with Gasteiger partial charge in [-0.15, -0.1) is 0 Å². The average Bonchev–Trinajstić information content (AvgIpc) is 2.23. The molecule has 1 aromatic rings. The van der Waals surface area contributed by atoms with Gasteiger partial charge in [-0.25, -0.2) is 4.39 Å². The molecule has 0 amide bonds. The molecule has 0 saturated carbocycles. The van der Waals surface area contributed by atoms with Gasteiger partial charge in [-0.05, 0) is 34.5 Å². The molecule has 0 spiro atoms. The van der Waals surface area contributed by atoms with Gasteiger partial charge in [0, 0.05) is 6.07 Å². The van der Waals surface area contributed by atoms with Crippen molar-refractivity contribution in [1.82, 2.24) is 0 Å². The van der Waals surface area contributed by atoms with E-state index in [2.05, 4.69) is 22.9 Å². The van der Waals surface area contributed by atoms with Crippen LogP contribution in [0.4, 0.5) is 4.39 Å². The molecular formula is C12H16BrFO. The van der Waals surface area contributed by atoms with E-state index in [0.717, 1.165) is 10.9 Å². The molecule has 3 heteroatoms. The van der Waals surface area contributed by atoms with Gasteiger partial charge >= 0.3 is 0 Å². The lowest BCUT2D eigenvalue weighted by molar-refractivity contribution is 0.302. The second-order valence-electron chi connectivity index (χ2n) is 3.48. The van der Waals surface area contributed by atoms with Crippen LogP contribution in [0, 0.1) is 5.82 Å². The summed E-state index contributed by atoms with van der Waals surface area (Å²) in [5.74, 6) is 0.327. The molecule has 0 aliphatic heterocycles. The van der Waals surface area contributed by atoms with Crippen molar-refractivity contribution in [3.63, 3.8) is 0 Å². The standard InChI is InChI=1S/C12H16BrFO/c1-2-3-4-5-8-15-12-9-10(14)6-7-11(12)13/h6-7,9H,2-5,8H2,1H3. The first-order valence-electron chi connectivity index (χ1n) is 5.32. The summed E-state index contributed by atoms with van der Waals surface area (Å²) < 4.78 is 19.2. The third-order valence-electron chi connectivity index (χ3n) is 2.15. The fourth-order valence-corrected chi connectivity index (χ4v) is 1.66. The zero-order chi connectivity index (χ0) is 11.1. The SMILES string of the molecule is CCCCCCOc1cc(F)ccc1Br. The van der Waals surface area contributed by atoms with Crippen molar-refractivity contribution in [1.29, 1.82) is 0 Å². The van der Waals surface area contributed by atoms with Crippen LogP contribution in [0.25, 0.3) is 0 Å². The summed E-state index contributed by atoms with van der Waals surface area (Å²) in [4.78, 5) is 0. The molecule has 0 unspecified atom stereocenters. The van der Waals surface area contributed by atoms with Gasteiger partial charge in [-0.3, -0.25) is 0 Å². The summed E-state index contributed by atoms with van der Waals surface area (Å²) in [6.45, 7) is 2.83. The Hall–Kier alpha value is -0.570. The Morgan fingerprint density at radius 1 is 1.27 bits per heavy atom. The van der Waals surface area contributed by atoms with E-state index in [1.807, 2.05) is 0 Å². The number of hydrogen-bond donors (Lipinski definition) is 0. The molecule has 0 heterocycles. The molecular weight excluding hydrogens is 259 g/mol. The van der Waals surface area contributed by atoms with E-state index in [4.69, 9.17) is 4.74 Å². The van der Waals surface area contributed by atoms with E-state index >= 15 is 0 Å². The summed E-state index contributed by atoms with van der Waals surface area (Å²) in [6, 6.07) is 4.48. The molecule has 0 atom stereocenters. The molecule has 0 radical (unpaired) electrons. The van der Waals surface area contributed by atoms with Crippen LogP contribution in [0.2, 0.25) is 0 Å². The Morgan fingerprint density at radius 3 is 2.80 bits per heavy atom. The summed E-state index contributed by atoms with van der Waals surface area (Å²) in [5, 5.41) is 0. The highest BCUT2D eigenvalue weighted by molar-refractivity contribution is 9.10. The number of unbranched alkanes of at least 4 members (excludes halogenated alkanes) is 3. The second kappa shape index (κ2) is 6.83. The van der Waals surface area contributed by atoms with Crippen LogP contribution in [0.3, 0.4) is 0 Å². The molecule has 1 rings (SSSR count). The van der Waals surface area contributed by atoms with Crippen molar-refractivity contribution in [2.45, 2.75) is 32.6 Å². The van der Waals surface area contributed by atoms with Gasteiger partial charge < -0.3 is 4.74 Å². The minimum absolute atomic E-state index is 0.262. The maximum absolute atomic E-state index is 12.9. The maximum Gasteiger partial charge on any atom is 0.136 e. The van der Waals surface area contributed by atoms with Crippen molar-refractivity contribution in [2.75, 3.05) is 6.61 Å². The van der Waals surface area contributed by atoms with Crippen LogP contribution in [-0.2, 0) is 0 Å². The van der Waals surface area contributed by atoms with E-state index in [1.54, 1.807) is 6.07 Å². The van der Waals surface area contributed by atoms with Crippen LogP contribution in [-0.4, -0.2) is 6.61 Å². The fourth-order valence-electron chi connectivity index (χ4n) is 1.30. The predicted molar refractivity (Wildman–Crippen MR) is 63.7 cm³/mol. The highest BCUT2D eigenvalue weighted by Gasteiger charge is 2.02. The molecule has 0 aliphatic rings. The first kappa shape index (κ1) is 12.5. The summed E-state index contributed by atoms with van der Waals surface area (Å²) in [6.07, 6.45) is 4.64. The lowest BCUT2D eigenvalue weighted by Crippen LogP contribution is -1.98. The summed E-state index contributed by atoms with van der Waals surface area (Å²) >= 11 is 3.32. The van der Waals surface area contributed by atoms with Crippen LogP contribution in [0.15, 0.2) is 22.7 Å². The zero-order valence-corrected chi connectivity index (χ0v) is 10.5. The van der Waals surface area contributed by atoms with E-state index in [-0.39, 0.29) is 5.82 Å². The second-order valence-corrected chi connectivity index (χ2v) is 4.34. The van der Waals surface area contributed by atoms with Crippen LogP contribution < -0.4 is 4.74 Å². The monoisotopic (exact) mass is 274 g/mol. The molecule has 0 fully saturated rings. The molecule has 0 saturated heterocycles. The summed E-state index contributed by atoms with van der Waals surface area (Å²) in [5.41, 5.74) is 0. The van der Waals surface area contributed by atoms with Crippen molar-refractivity contribution in [3.8, 4) is 5.75 Å². The largest absolute Gasteiger partial charge is 0.492 e. The maximum atomic E-state index is 12.9. The van der Waals surface area contributed by atoms with Gasteiger partial charge in [-0.1, -0.05) is 26.2 Å². The quantitative estimate of drug-likeness (QED) is 0.692. The van der Waals surface area contributed by atoms with E-state index in [9.17, 15) is 4.39 Å². The number of ether oxygens (including phenoxy) is 1. The molecule has 84 valence electrons. The van der Waals surface area contributed by atoms with Crippen molar-refractivity contribution in [2.24, 2.45) is 0 Å². The van der Waals surface area contributed by atoms with Crippen LogP contribution in [0.1, 0.15) is 32.6 Å². The average molecular weight is 275 g/mol. The zero-order valence-electron chi connectivity index (χ0n) is 8.93. The van der Waals surface area contributed by atoms with Gasteiger partial charge in [-0.2, -0.15) is 0 Å². The number of halogens is 2. The molecule has 0 bridgehead atoms. The topological polar surface area (TPSA) is 9.23 Å². The molecule has 1 aromatic carbocycles. The van der Waals surface area contributed by atoms with Crippen LogP contribution in [0.5, 0.6) is 5.75 Å². The predicted octanol–water partition coefficient (Wildman–Crippen LogP) is 4.55. The van der Waals surface area contributed by atoms with Gasteiger partial charge in [0.2, 0.25) is 0 Å². The normalized spacial score (nSPS) is 10.3. The minimum atomic E-state index is -0.262. The lowest BCUT2D eigenvalue weighted by atomic mass is 10.2. The Labute approximate surface area is 98.8 Å². The van der Waals surface area contributed by atoms with E-state index in [1.165, 1.54) is 31.4 Å². The van der Waals surface area contributed by atoms with E-state index in [0.29, 0.717) is 12.4 Å². The van der Waals surface area contributed by atoms with Crippen molar-refractivity contribution >= 4 is 15.9 Å². The highest BCUT2D eigenvalue weighted by atomic mass is 79.9. The van der Waals surface area contributed by atoms with Gasteiger partial charge in [0.1, 0.15) is 11.6 Å². The summed E-state index contributed by atoms with van der Waals surface area (Å²) in [7, 11) is 0. The molecule has 15 heavy (non-hydrogen) atoms. The lowest BCUT2D eigenvalue weighted by Gasteiger charge is -2.07. The van der Waals surface area contributed by atoms with E-state index < -0.39 is 0 Å². The molecule has 1 nitrogen and oxygen atoms in total. The first-order valence-corrected chi connectivity index (χ1v) is 6.11. The number of hydrogen-bond acceptors (Lipinski definition) is 1. The molecule has 0 N–H and O–H groups in total. The first-order chi connectivity index (χ1) is 7.24. The Bertz CT molecular complexity index is 302. The Balaban J connectivity index is 2.33. The number of rotatable bonds is 6. The van der Waals surface area contributed by atoms with Gasteiger partial charge in [0.25, 0.3) is 0 Å².